The van der Waals surface area contributed by atoms with Crippen LogP contribution in [0.25, 0.3) is 0 Å². The second-order valence-electron chi connectivity index (χ2n) is 4.81. The molecule has 5 nitrogen and oxygen atoms in total. The maximum Gasteiger partial charge on any atom is 0.251 e. The molecule has 0 aliphatic carbocycles. The van der Waals surface area contributed by atoms with Crippen molar-refractivity contribution in [2.75, 3.05) is 26.8 Å². The van der Waals surface area contributed by atoms with Crippen molar-refractivity contribution in [3.63, 3.8) is 0 Å². The fourth-order valence-electron chi connectivity index (χ4n) is 2.38. The van der Waals surface area contributed by atoms with Gasteiger partial charge in [-0.3, -0.25) is 15.1 Å². The van der Waals surface area contributed by atoms with Gasteiger partial charge < -0.3 is 4.74 Å². The van der Waals surface area contributed by atoms with E-state index in [4.69, 9.17) is 10.6 Å². The molecule has 0 saturated carbocycles. The molecule has 0 aromatic heterocycles. The lowest BCUT2D eigenvalue weighted by atomic mass is 9.98. The minimum atomic E-state index is -0.104. The van der Waals surface area contributed by atoms with Gasteiger partial charge in [-0.15, -0.1) is 0 Å². The van der Waals surface area contributed by atoms with Crippen molar-refractivity contribution in [3.05, 3.63) is 0 Å². The lowest BCUT2D eigenvalue weighted by molar-refractivity contribution is -0.126. The van der Waals surface area contributed by atoms with Crippen molar-refractivity contribution in [1.82, 2.24) is 10.3 Å². The largest absolute Gasteiger partial charge is 0.381 e. The van der Waals surface area contributed by atoms with Crippen molar-refractivity contribution in [2.45, 2.75) is 38.6 Å². The van der Waals surface area contributed by atoms with Gasteiger partial charge in [-0.1, -0.05) is 13.3 Å². The Bertz CT molecular complexity index is 230. The molecular formula is C12H25N3O2. The fourth-order valence-corrected chi connectivity index (χ4v) is 2.38. The Balaban J connectivity index is 2.45. The Kier molecular flexibility index (Phi) is 6.47. The zero-order chi connectivity index (χ0) is 12.7. The zero-order valence-corrected chi connectivity index (χ0v) is 10.9. The number of hydrogen-bond acceptors (Lipinski definition) is 4. The molecule has 1 aliphatic heterocycles. The van der Waals surface area contributed by atoms with E-state index in [2.05, 4.69) is 17.2 Å². The predicted octanol–water partition coefficient (Wildman–Crippen LogP) is 0.503. The lowest BCUT2D eigenvalue weighted by Gasteiger charge is -2.31. The fraction of sp³-hybridized carbons (Fsp3) is 0.917. The van der Waals surface area contributed by atoms with Gasteiger partial charge >= 0.3 is 0 Å². The lowest BCUT2D eigenvalue weighted by Crippen LogP contribution is -2.49. The summed E-state index contributed by atoms with van der Waals surface area (Å²) in [4.78, 5) is 13.8. The molecule has 1 aliphatic rings. The van der Waals surface area contributed by atoms with E-state index in [0.717, 1.165) is 45.4 Å². The summed E-state index contributed by atoms with van der Waals surface area (Å²) < 4.78 is 5.34. The second-order valence-corrected chi connectivity index (χ2v) is 4.81. The normalized spacial score (nSPS) is 19.3. The topological polar surface area (TPSA) is 67.6 Å². The quantitative estimate of drug-likeness (QED) is 0.405. The molecule has 0 aromatic carbocycles. The van der Waals surface area contributed by atoms with Crippen LogP contribution in [0.1, 0.15) is 32.6 Å². The van der Waals surface area contributed by atoms with Crippen molar-refractivity contribution in [2.24, 2.45) is 11.8 Å². The van der Waals surface area contributed by atoms with Gasteiger partial charge in [-0.2, -0.15) is 0 Å². The maximum atomic E-state index is 11.7. The number of nitrogens with one attached hydrogen (secondary N) is 1. The van der Waals surface area contributed by atoms with E-state index in [-0.39, 0.29) is 11.9 Å². The number of nitrogens with zero attached hydrogens (tertiary/aromatic N) is 1. The molecule has 1 saturated heterocycles. The zero-order valence-electron chi connectivity index (χ0n) is 10.9. The SMILES string of the molecule is CCCC(C(=O)NN)N(C)CC1CCOCC1. The molecule has 5 heteroatoms. The van der Waals surface area contributed by atoms with Crippen LogP contribution in [0, 0.1) is 5.92 Å². The first kappa shape index (κ1) is 14.4. The predicted molar refractivity (Wildman–Crippen MR) is 67.2 cm³/mol. The molecule has 1 unspecified atom stereocenters. The first-order valence-corrected chi connectivity index (χ1v) is 6.47. The molecule has 3 N–H and O–H groups in total. The van der Waals surface area contributed by atoms with Crippen LogP contribution in [0.3, 0.4) is 0 Å². The Morgan fingerprint density at radius 3 is 2.71 bits per heavy atom. The van der Waals surface area contributed by atoms with E-state index in [1.807, 2.05) is 7.05 Å². The van der Waals surface area contributed by atoms with Crippen LogP contribution in [-0.2, 0) is 9.53 Å². The van der Waals surface area contributed by atoms with Gasteiger partial charge in [-0.05, 0) is 32.2 Å². The Labute approximate surface area is 104 Å². The van der Waals surface area contributed by atoms with Gasteiger partial charge in [0.05, 0.1) is 6.04 Å². The highest BCUT2D eigenvalue weighted by molar-refractivity contribution is 5.81. The number of hydrazine groups is 1. The minimum Gasteiger partial charge on any atom is -0.381 e. The summed E-state index contributed by atoms with van der Waals surface area (Å²) in [5.41, 5.74) is 2.26. The average molecular weight is 243 g/mol. The summed E-state index contributed by atoms with van der Waals surface area (Å²) in [5.74, 6) is 5.78. The van der Waals surface area contributed by atoms with Crippen molar-refractivity contribution in [3.8, 4) is 0 Å². The summed E-state index contributed by atoms with van der Waals surface area (Å²) in [7, 11) is 2.00. The van der Waals surface area contributed by atoms with Gasteiger partial charge in [0.1, 0.15) is 0 Å². The minimum absolute atomic E-state index is 0.0820. The molecule has 0 radical (unpaired) electrons. The third-order valence-corrected chi connectivity index (χ3v) is 3.43. The molecule has 100 valence electrons. The summed E-state index contributed by atoms with van der Waals surface area (Å²) in [6, 6.07) is -0.104. The number of ether oxygens (including phenoxy) is 1. The van der Waals surface area contributed by atoms with Crippen molar-refractivity contribution < 1.29 is 9.53 Å². The Hall–Kier alpha value is -0.650. The molecule has 0 bridgehead atoms. The number of nitrogens with two attached hydrogens (primary N) is 1. The van der Waals surface area contributed by atoms with Crippen molar-refractivity contribution >= 4 is 5.91 Å². The number of hydrogen-bond donors (Lipinski definition) is 2. The van der Waals surface area contributed by atoms with Gasteiger partial charge in [-0.25, -0.2) is 5.84 Å². The smallest absolute Gasteiger partial charge is 0.251 e. The van der Waals surface area contributed by atoms with Gasteiger partial charge in [0.2, 0.25) is 0 Å². The van der Waals surface area contributed by atoms with Crippen LogP contribution in [0.15, 0.2) is 0 Å². The van der Waals surface area contributed by atoms with E-state index in [1.165, 1.54) is 0 Å². The van der Waals surface area contributed by atoms with E-state index in [9.17, 15) is 4.79 Å². The maximum absolute atomic E-state index is 11.7. The Morgan fingerprint density at radius 1 is 1.53 bits per heavy atom. The third kappa shape index (κ3) is 4.61. The Morgan fingerprint density at radius 2 is 2.18 bits per heavy atom. The summed E-state index contributed by atoms with van der Waals surface area (Å²) in [6.45, 7) is 4.72. The molecule has 17 heavy (non-hydrogen) atoms. The average Bonchev–Trinajstić information content (AvgIpc) is 2.36. The van der Waals surface area contributed by atoms with E-state index in [0.29, 0.717) is 5.92 Å². The summed E-state index contributed by atoms with van der Waals surface area (Å²) >= 11 is 0. The molecule has 1 rings (SSSR count). The second kappa shape index (κ2) is 7.63. The van der Waals surface area contributed by atoms with Gasteiger partial charge in [0.15, 0.2) is 0 Å². The van der Waals surface area contributed by atoms with Crippen LogP contribution < -0.4 is 11.3 Å². The van der Waals surface area contributed by atoms with Crippen LogP contribution in [0.5, 0.6) is 0 Å². The highest BCUT2D eigenvalue weighted by atomic mass is 16.5. The van der Waals surface area contributed by atoms with E-state index in [1.54, 1.807) is 0 Å². The summed E-state index contributed by atoms with van der Waals surface area (Å²) in [6.07, 6.45) is 4.01. The molecule has 0 aromatic rings. The third-order valence-electron chi connectivity index (χ3n) is 3.43. The first-order valence-electron chi connectivity index (χ1n) is 6.47. The molecule has 1 atom stereocenters. The highest BCUT2D eigenvalue weighted by Gasteiger charge is 2.24. The molecule has 0 spiro atoms. The number of carbonyl (C=O) groups is 1. The molecule has 1 heterocycles. The van der Waals surface area contributed by atoms with Crippen LogP contribution in [-0.4, -0.2) is 43.7 Å². The van der Waals surface area contributed by atoms with Gasteiger partial charge in [0.25, 0.3) is 5.91 Å². The van der Waals surface area contributed by atoms with Crippen LogP contribution >= 0.6 is 0 Å². The van der Waals surface area contributed by atoms with E-state index >= 15 is 0 Å². The first-order chi connectivity index (χ1) is 8.19. The van der Waals surface area contributed by atoms with Crippen molar-refractivity contribution in [1.29, 1.82) is 0 Å². The molecule has 1 fully saturated rings. The number of rotatable bonds is 6. The number of likely N-dealkylation sites (N-methyl/N-ethyl adjacent to an activating group) is 1. The molecular weight excluding hydrogens is 218 g/mol. The van der Waals surface area contributed by atoms with Crippen LogP contribution in [0.4, 0.5) is 0 Å². The molecule has 1 amide bonds. The van der Waals surface area contributed by atoms with Gasteiger partial charge in [0, 0.05) is 19.8 Å². The number of carbonyl (C=O) groups excluding carboxylic acids is 1. The highest BCUT2D eigenvalue weighted by Crippen LogP contribution is 2.17. The number of amides is 1. The standard InChI is InChI=1S/C12H25N3O2/c1-3-4-11(12(16)14-13)15(2)9-10-5-7-17-8-6-10/h10-11H,3-9,13H2,1-2H3,(H,14,16). The monoisotopic (exact) mass is 243 g/mol. The van der Waals surface area contributed by atoms with Crippen LogP contribution in [0.2, 0.25) is 0 Å². The summed E-state index contributed by atoms with van der Waals surface area (Å²) in [5, 5.41) is 0. The van der Waals surface area contributed by atoms with E-state index < -0.39 is 0 Å².